The Bertz CT molecular complexity index is 380. The van der Waals surface area contributed by atoms with Gasteiger partial charge in [-0.2, -0.15) is 0 Å². The fraction of sp³-hybridized carbons (Fsp3) is 1.00. The highest BCUT2D eigenvalue weighted by Crippen LogP contribution is 2.27. The van der Waals surface area contributed by atoms with Crippen molar-refractivity contribution in [2.45, 2.75) is 62.2 Å². The van der Waals surface area contributed by atoms with Crippen molar-refractivity contribution in [3.8, 4) is 0 Å². The van der Waals surface area contributed by atoms with Crippen LogP contribution < -0.4 is 0 Å². The van der Waals surface area contributed by atoms with Gasteiger partial charge < -0.3 is 50.0 Å². The van der Waals surface area contributed by atoms with E-state index in [1.807, 2.05) is 0 Å². The molecule has 2 fully saturated rings. The largest absolute Gasteiger partial charge is 0.394 e. The van der Waals surface area contributed by atoms with Gasteiger partial charge >= 0.3 is 0 Å². The molecule has 2 saturated heterocycles. The van der Waals surface area contributed by atoms with Gasteiger partial charge in [0.15, 0.2) is 12.6 Å². The van der Waals surface area contributed by atoms with E-state index in [0.717, 1.165) is 0 Å². The van der Waals surface area contributed by atoms with Gasteiger partial charge in [0.1, 0.15) is 30.5 Å². The minimum Gasteiger partial charge on any atom is -0.394 e. The highest BCUT2D eigenvalue weighted by Gasteiger charge is 2.46. The van der Waals surface area contributed by atoms with Crippen LogP contribution in [0.2, 0.25) is 0 Å². The average molecular weight is 340 g/mol. The summed E-state index contributed by atoms with van der Waals surface area (Å²) in [4.78, 5) is 0. The lowest BCUT2D eigenvalue weighted by atomic mass is 9.91. The molecule has 0 amide bonds. The van der Waals surface area contributed by atoms with E-state index < -0.39 is 61.2 Å². The van der Waals surface area contributed by atoms with Crippen molar-refractivity contribution in [1.29, 1.82) is 0 Å². The molecular weight excluding hydrogens is 316 g/mol. The van der Waals surface area contributed by atoms with Crippen molar-refractivity contribution >= 4 is 0 Å². The second-order valence-electron chi connectivity index (χ2n) is 5.94. The van der Waals surface area contributed by atoms with Crippen LogP contribution in [0.25, 0.3) is 0 Å². The first-order valence-corrected chi connectivity index (χ1v) is 7.39. The van der Waals surface area contributed by atoms with E-state index in [2.05, 4.69) is 0 Å². The molecule has 10 heteroatoms. The molecule has 10 atom stereocenters. The molecule has 0 spiro atoms. The van der Waals surface area contributed by atoms with Crippen LogP contribution in [0.4, 0.5) is 0 Å². The number of ether oxygens (including phenoxy) is 3. The Labute approximate surface area is 132 Å². The molecule has 0 saturated carbocycles. The molecular formula is C13H24O10. The number of aliphatic hydroxyl groups excluding tert-OH is 7. The zero-order chi connectivity index (χ0) is 17.3. The van der Waals surface area contributed by atoms with Crippen LogP contribution in [0.3, 0.4) is 0 Å². The van der Waals surface area contributed by atoms with Crippen LogP contribution >= 0.6 is 0 Å². The highest BCUT2D eigenvalue weighted by atomic mass is 16.7. The molecule has 136 valence electrons. The molecule has 0 unspecified atom stereocenters. The van der Waals surface area contributed by atoms with Gasteiger partial charge in [-0.05, 0) is 0 Å². The molecule has 2 heterocycles. The van der Waals surface area contributed by atoms with Gasteiger partial charge in [0.25, 0.3) is 0 Å². The molecule has 2 rings (SSSR count). The van der Waals surface area contributed by atoms with Gasteiger partial charge in [-0.25, -0.2) is 0 Å². The van der Waals surface area contributed by atoms with Gasteiger partial charge in [-0.1, -0.05) is 6.92 Å². The van der Waals surface area contributed by atoms with Gasteiger partial charge in [-0.3, -0.25) is 0 Å². The minimum absolute atomic E-state index is 0.378. The number of hydrogen-bond donors (Lipinski definition) is 7. The van der Waals surface area contributed by atoms with Crippen molar-refractivity contribution in [3.63, 3.8) is 0 Å². The Hall–Kier alpha value is -0.400. The molecule has 7 N–H and O–H groups in total. The van der Waals surface area contributed by atoms with Crippen LogP contribution in [0.5, 0.6) is 0 Å². The second kappa shape index (κ2) is 7.66. The first-order chi connectivity index (χ1) is 10.8. The zero-order valence-electron chi connectivity index (χ0n) is 12.5. The Morgan fingerprint density at radius 2 is 1.43 bits per heavy atom. The van der Waals surface area contributed by atoms with Crippen LogP contribution in [0, 0.1) is 5.92 Å². The summed E-state index contributed by atoms with van der Waals surface area (Å²) in [5, 5.41) is 67.2. The summed E-state index contributed by atoms with van der Waals surface area (Å²) in [5.41, 5.74) is 0. The topological polar surface area (TPSA) is 169 Å². The average Bonchev–Trinajstić information content (AvgIpc) is 2.54. The number of rotatable bonds is 4. The van der Waals surface area contributed by atoms with E-state index in [0.29, 0.717) is 0 Å². The lowest BCUT2D eigenvalue weighted by Gasteiger charge is -2.42. The maximum Gasteiger partial charge on any atom is 0.186 e. The third-order valence-corrected chi connectivity index (χ3v) is 4.35. The minimum atomic E-state index is -1.70. The Morgan fingerprint density at radius 1 is 0.783 bits per heavy atom. The van der Waals surface area contributed by atoms with Crippen LogP contribution in [0.1, 0.15) is 6.92 Å². The summed E-state index contributed by atoms with van der Waals surface area (Å²) in [6.45, 7) is 0.840. The summed E-state index contributed by atoms with van der Waals surface area (Å²) in [6.07, 6.45) is -12.3. The monoisotopic (exact) mass is 340 g/mol. The van der Waals surface area contributed by atoms with E-state index in [9.17, 15) is 35.7 Å². The Morgan fingerprint density at radius 3 is 2.04 bits per heavy atom. The Balaban J connectivity index is 1.94. The highest BCUT2D eigenvalue weighted by molar-refractivity contribution is 4.90. The fourth-order valence-corrected chi connectivity index (χ4v) is 2.67. The first-order valence-electron chi connectivity index (χ1n) is 7.39. The summed E-state index contributed by atoms with van der Waals surface area (Å²) >= 11 is 0. The molecule has 2 aliphatic heterocycles. The van der Waals surface area contributed by atoms with E-state index in [4.69, 9.17) is 14.2 Å². The SMILES string of the molecule is C[C@@H]1[C@H](O)[C@@H](O)[C@@H](OC[C@H]2O[C@H](O)[C@H](O)[C@@H](O)[C@@H]2O)O[C@@H]1CO. The molecule has 0 radical (unpaired) electrons. The lowest BCUT2D eigenvalue weighted by molar-refractivity contribution is -0.320. The zero-order valence-corrected chi connectivity index (χ0v) is 12.5. The molecule has 10 nitrogen and oxygen atoms in total. The summed E-state index contributed by atoms with van der Waals surface area (Å²) in [5.74, 6) is -0.509. The third kappa shape index (κ3) is 3.82. The van der Waals surface area contributed by atoms with Crippen molar-refractivity contribution in [2.75, 3.05) is 13.2 Å². The van der Waals surface area contributed by atoms with Crippen LogP contribution in [-0.4, -0.2) is 104 Å². The predicted octanol–water partition coefficient (Wildman–Crippen LogP) is -4.12. The molecule has 0 aromatic carbocycles. The number of hydrogen-bond acceptors (Lipinski definition) is 10. The molecule has 0 aliphatic carbocycles. The van der Waals surface area contributed by atoms with Crippen molar-refractivity contribution < 1.29 is 50.0 Å². The number of aliphatic hydroxyl groups is 7. The Kier molecular flexibility index (Phi) is 6.30. The molecule has 2 aliphatic rings. The van der Waals surface area contributed by atoms with Crippen molar-refractivity contribution in [2.24, 2.45) is 5.92 Å². The van der Waals surface area contributed by atoms with Crippen LogP contribution in [-0.2, 0) is 14.2 Å². The quantitative estimate of drug-likeness (QED) is 0.267. The molecule has 0 aromatic rings. The molecule has 23 heavy (non-hydrogen) atoms. The standard InChI is InChI=1S/C13H24O10/c1-4-5(2-14)23-13(11(19)7(4)15)21-3-6-8(16)9(17)10(18)12(20)22-6/h4-20H,2-3H2,1H3/t4-,5+,6+,7-,8+,9-,10+,11+,12-,13-/m0/s1. The van der Waals surface area contributed by atoms with Gasteiger partial charge in [0.2, 0.25) is 0 Å². The summed E-state index contributed by atoms with van der Waals surface area (Å²) in [6, 6.07) is 0. The third-order valence-electron chi connectivity index (χ3n) is 4.35. The summed E-state index contributed by atoms with van der Waals surface area (Å²) in [7, 11) is 0. The fourth-order valence-electron chi connectivity index (χ4n) is 2.67. The smallest absolute Gasteiger partial charge is 0.186 e. The van der Waals surface area contributed by atoms with Crippen LogP contribution in [0.15, 0.2) is 0 Å². The lowest BCUT2D eigenvalue weighted by Crippen LogP contribution is -2.60. The maximum atomic E-state index is 9.94. The van der Waals surface area contributed by atoms with Gasteiger partial charge in [0.05, 0.1) is 25.4 Å². The predicted molar refractivity (Wildman–Crippen MR) is 71.8 cm³/mol. The van der Waals surface area contributed by atoms with E-state index in [1.54, 1.807) is 6.92 Å². The van der Waals surface area contributed by atoms with E-state index in [-0.39, 0.29) is 13.2 Å². The summed E-state index contributed by atoms with van der Waals surface area (Å²) < 4.78 is 15.5. The normalized spacial score (nSPS) is 51.7. The van der Waals surface area contributed by atoms with Gasteiger partial charge in [-0.15, -0.1) is 0 Å². The van der Waals surface area contributed by atoms with E-state index in [1.165, 1.54) is 0 Å². The van der Waals surface area contributed by atoms with Crippen molar-refractivity contribution in [1.82, 2.24) is 0 Å². The van der Waals surface area contributed by atoms with Crippen molar-refractivity contribution in [3.05, 3.63) is 0 Å². The first kappa shape index (κ1) is 18.9. The van der Waals surface area contributed by atoms with Gasteiger partial charge in [0, 0.05) is 5.92 Å². The van der Waals surface area contributed by atoms with E-state index >= 15 is 0 Å². The molecule has 0 bridgehead atoms. The maximum absolute atomic E-state index is 9.94. The second-order valence-corrected chi connectivity index (χ2v) is 5.94. The molecule has 0 aromatic heterocycles.